The zero-order valence-corrected chi connectivity index (χ0v) is 7.53. The molecule has 0 aliphatic heterocycles. The average molecular weight is 164 g/mol. The van der Waals surface area contributed by atoms with E-state index < -0.39 is 0 Å². The van der Waals surface area contributed by atoms with Crippen LogP contribution in [0.4, 0.5) is 0 Å². The summed E-state index contributed by atoms with van der Waals surface area (Å²) in [6.45, 7) is 6.32. The molecule has 2 rings (SSSR count). The first-order valence-corrected chi connectivity index (χ1v) is 4.12. The third-order valence-electron chi connectivity index (χ3n) is 2.03. The second-order valence-corrected chi connectivity index (χ2v) is 3.29. The van der Waals surface area contributed by atoms with E-state index in [4.69, 9.17) is 4.42 Å². The molecule has 0 spiro atoms. The van der Waals surface area contributed by atoms with Crippen molar-refractivity contribution >= 4 is 5.84 Å². The summed E-state index contributed by atoms with van der Waals surface area (Å²) < 4.78 is 7.18. The van der Waals surface area contributed by atoms with Gasteiger partial charge in [0, 0.05) is 6.20 Å². The van der Waals surface area contributed by atoms with Gasteiger partial charge in [-0.3, -0.25) is 4.40 Å². The molecule has 2 aromatic rings. The van der Waals surface area contributed by atoms with E-state index in [-0.39, 0.29) is 0 Å². The second-order valence-electron chi connectivity index (χ2n) is 3.29. The van der Waals surface area contributed by atoms with E-state index in [1.807, 2.05) is 17.5 Å². The zero-order valence-electron chi connectivity index (χ0n) is 7.53. The van der Waals surface area contributed by atoms with Crippen LogP contribution in [0.3, 0.4) is 0 Å². The number of aromatic nitrogens is 2. The Morgan fingerprint density at radius 1 is 1.50 bits per heavy atom. The monoisotopic (exact) mass is 164 g/mol. The summed E-state index contributed by atoms with van der Waals surface area (Å²) in [5, 5.41) is 0. The molecule has 0 amide bonds. The molecular formula is C9H12N2O. The highest BCUT2D eigenvalue weighted by atomic mass is 16.3. The third-order valence-corrected chi connectivity index (χ3v) is 2.03. The summed E-state index contributed by atoms with van der Waals surface area (Å²) >= 11 is 0. The standard InChI is InChI=1S/C9H12N2O/c1-6(2)8-7(3)10-9-11(8)4-5-12-9/h4-6H,1-3H3. The quantitative estimate of drug-likeness (QED) is 0.647. The van der Waals surface area contributed by atoms with Gasteiger partial charge in [0.2, 0.25) is 0 Å². The molecule has 3 nitrogen and oxygen atoms in total. The minimum atomic E-state index is 0.484. The molecule has 2 heterocycles. The predicted molar refractivity (Wildman–Crippen MR) is 46.3 cm³/mol. The van der Waals surface area contributed by atoms with E-state index >= 15 is 0 Å². The van der Waals surface area contributed by atoms with Crippen molar-refractivity contribution in [1.82, 2.24) is 9.38 Å². The van der Waals surface area contributed by atoms with Gasteiger partial charge in [0.1, 0.15) is 6.26 Å². The molecule has 0 atom stereocenters. The maximum atomic E-state index is 5.18. The number of rotatable bonds is 1. The Balaban J connectivity index is 2.76. The number of aryl methyl sites for hydroxylation is 1. The molecule has 12 heavy (non-hydrogen) atoms. The van der Waals surface area contributed by atoms with Crippen molar-refractivity contribution in [3.63, 3.8) is 0 Å². The number of hydrogen-bond donors (Lipinski definition) is 0. The number of imidazole rings is 1. The topological polar surface area (TPSA) is 30.4 Å². The first-order chi connectivity index (χ1) is 5.70. The van der Waals surface area contributed by atoms with Gasteiger partial charge in [0.25, 0.3) is 0 Å². The van der Waals surface area contributed by atoms with Crippen molar-refractivity contribution in [2.24, 2.45) is 0 Å². The highest BCUT2D eigenvalue weighted by Gasteiger charge is 2.12. The van der Waals surface area contributed by atoms with E-state index in [9.17, 15) is 0 Å². The molecule has 64 valence electrons. The van der Waals surface area contributed by atoms with Gasteiger partial charge in [-0.05, 0) is 12.8 Å². The number of oxazole rings is 1. The van der Waals surface area contributed by atoms with Crippen LogP contribution in [0.1, 0.15) is 31.2 Å². The average Bonchev–Trinajstić information content (AvgIpc) is 2.44. The molecule has 2 aromatic heterocycles. The first-order valence-electron chi connectivity index (χ1n) is 4.12. The van der Waals surface area contributed by atoms with Crippen LogP contribution in [0.15, 0.2) is 16.9 Å². The Bertz CT molecular complexity index is 397. The molecule has 3 heteroatoms. The zero-order chi connectivity index (χ0) is 8.72. The van der Waals surface area contributed by atoms with Crippen LogP contribution in [0, 0.1) is 6.92 Å². The van der Waals surface area contributed by atoms with Gasteiger partial charge >= 0.3 is 5.84 Å². The molecule has 0 fully saturated rings. The normalized spacial score (nSPS) is 11.7. The van der Waals surface area contributed by atoms with E-state index in [0.717, 1.165) is 5.69 Å². The smallest absolute Gasteiger partial charge is 0.306 e. The molecule has 0 N–H and O–H groups in total. The van der Waals surface area contributed by atoms with Crippen LogP contribution < -0.4 is 0 Å². The summed E-state index contributed by atoms with van der Waals surface area (Å²) in [7, 11) is 0. The molecule has 0 radical (unpaired) electrons. The van der Waals surface area contributed by atoms with Gasteiger partial charge < -0.3 is 4.42 Å². The van der Waals surface area contributed by atoms with Gasteiger partial charge in [-0.25, -0.2) is 0 Å². The molecule has 0 bridgehead atoms. The second kappa shape index (κ2) is 2.37. The fourth-order valence-electron chi connectivity index (χ4n) is 1.61. The van der Waals surface area contributed by atoms with Gasteiger partial charge in [-0.2, -0.15) is 4.98 Å². The molecule has 0 saturated carbocycles. The fourth-order valence-corrected chi connectivity index (χ4v) is 1.61. The first kappa shape index (κ1) is 7.40. The number of hydrogen-bond acceptors (Lipinski definition) is 2. The summed E-state index contributed by atoms with van der Waals surface area (Å²) in [4.78, 5) is 4.29. The molecule has 0 aromatic carbocycles. The SMILES string of the molecule is Cc1nc2occn2c1C(C)C. The van der Waals surface area contributed by atoms with Gasteiger partial charge in [-0.15, -0.1) is 0 Å². The van der Waals surface area contributed by atoms with Crippen molar-refractivity contribution in [2.75, 3.05) is 0 Å². The Kier molecular flexibility index (Phi) is 1.46. The minimum absolute atomic E-state index is 0.484. The van der Waals surface area contributed by atoms with Crippen molar-refractivity contribution in [3.05, 3.63) is 23.8 Å². The van der Waals surface area contributed by atoms with Crippen molar-refractivity contribution in [1.29, 1.82) is 0 Å². The minimum Gasteiger partial charge on any atom is -0.432 e. The maximum Gasteiger partial charge on any atom is 0.306 e. The Labute approximate surface area is 71.0 Å². The van der Waals surface area contributed by atoms with Crippen LogP contribution in [-0.4, -0.2) is 9.38 Å². The molecular weight excluding hydrogens is 152 g/mol. The van der Waals surface area contributed by atoms with E-state index in [1.165, 1.54) is 5.69 Å². The summed E-state index contributed by atoms with van der Waals surface area (Å²) in [6, 6.07) is 0. The van der Waals surface area contributed by atoms with Gasteiger partial charge in [0.05, 0.1) is 11.4 Å². The highest BCUT2D eigenvalue weighted by molar-refractivity contribution is 5.33. The Morgan fingerprint density at radius 3 is 2.92 bits per heavy atom. The van der Waals surface area contributed by atoms with Crippen LogP contribution >= 0.6 is 0 Å². The van der Waals surface area contributed by atoms with Gasteiger partial charge in [-0.1, -0.05) is 13.8 Å². The third kappa shape index (κ3) is 0.858. The summed E-state index contributed by atoms with van der Waals surface area (Å²) in [5.41, 5.74) is 2.29. The Morgan fingerprint density at radius 2 is 2.25 bits per heavy atom. The lowest BCUT2D eigenvalue weighted by molar-refractivity contribution is 0.594. The summed E-state index contributed by atoms with van der Waals surface area (Å²) in [5.74, 6) is 1.17. The number of nitrogens with zero attached hydrogens (tertiary/aromatic N) is 2. The Hall–Kier alpha value is -1.25. The molecule has 0 saturated heterocycles. The lowest BCUT2D eigenvalue weighted by Gasteiger charge is -2.02. The van der Waals surface area contributed by atoms with Crippen LogP contribution in [0.25, 0.3) is 5.84 Å². The fraction of sp³-hybridized carbons (Fsp3) is 0.444. The molecule has 0 aliphatic carbocycles. The van der Waals surface area contributed by atoms with Crippen molar-refractivity contribution in [3.8, 4) is 0 Å². The van der Waals surface area contributed by atoms with Gasteiger partial charge in [0.15, 0.2) is 0 Å². The lowest BCUT2D eigenvalue weighted by atomic mass is 10.1. The largest absolute Gasteiger partial charge is 0.432 e. The van der Waals surface area contributed by atoms with Crippen LogP contribution in [-0.2, 0) is 0 Å². The van der Waals surface area contributed by atoms with E-state index in [1.54, 1.807) is 6.26 Å². The molecule has 0 unspecified atom stereocenters. The van der Waals surface area contributed by atoms with Crippen LogP contribution in [0.5, 0.6) is 0 Å². The molecule has 0 aliphatic rings. The van der Waals surface area contributed by atoms with E-state index in [2.05, 4.69) is 18.8 Å². The lowest BCUT2D eigenvalue weighted by Crippen LogP contribution is -1.94. The predicted octanol–water partition coefficient (Wildman–Crippen LogP) is 2.36. The number of fused-ring (bicyclic) bond motifs is 1. The highest BCUT2D eigenvalue weighted by Crippen LogP contribution is 2.20. The maximum absolute atomic E-state index is 5.18. The summed E-state index contributed by atoms with van der Waals surface area (Å²) in [6.07, 6.45) is 3.57. The van der Waals surface area contributed by atoms with E-state index in [0.29, 0.717) is 11.8 Å². The van der Waals surface area contributed by atoms with Crippen molar-refractivity contribution in [2.45, 2.75) is 26.7 Å². The van der Waals surface area contributed by atoms with Crippen LogP contribution in [0.2, 0.25) is 0 Å². The van der Waals surface area contributed by atoms with Crippen molar-refractivity contribution < 1.29 is 4.42 Å².